The minimum Gasteiger partial charge on any atom is -0.455 e. The molecule has 0 N–H and O–H groups in total. The lowest BCUT2D eigenvalue weighted by atomic mass is 9.98. The first-order valence-electron chi connectivity index (χ1n) is 17.2. The van der Waals surface area contributed by atoms with Crippen LogP contribution in [0.2, 0.25) is 0 Å². The van der Waals surface area contributed by atoms with Gasteiger partial charge in [0.25, 0.3) is 0 Å². The highest BCUT2D eigenvalue weighted by Crippen LogP contribution is 2.41. The van der Waals surface area contributed by atoms with Crippen molar-refractivity contribution in [2.24, 2.45) is 0 Å². The maximum atomic E-state index is 6.82. The summed E-state index contributed by atoms with van der Waals surface area (Å²) in [5.41, 5.74) is 11.1. The Hall–Kier alpha value is -6.84. The molecule has 2 aromatic heterocycles. The van der Waals surface area contributed by atoms with Crippen molar-refractivity contribution in [1.82, 2.24) is 9.97 Å². The number of furan rings is 1. The normalized spacial score (nSPS) is 11.5. The molecule has 0 aliphatic carbocycles. The van der Waals surface area contributed by atoms with Gasteiger partial charge >= 0.3 is 0 Å². The molecular formula is C48H30N2O. The Bertz CT molecular complexity index is 2870. The number of benzene rings is 8. The van der Waals surface area contributed by atoms with Crippen LogP contribution in [0.4, 0.5) is 0 Å². The molecular weight excluding hydrogens is 621 g/mol. The quantitative estimate of drug-likeness (QED) is 0.174. The number of aromatic nitrogens is 2. The third kappa shape index (κ3) is 5.06. The summed E-state index contributed by atoms with van der Waals surface area (Å²) in [6, 6.07) is 63.7. The van der Waals surface area contributed by atoms with Crippen molar-refractivity contribution < 1.29 is 4.42 Å². The Morgan fingerprint density at radius 3 is 1.63 bits per heavy atom. The number of hydrogen-bond donors (Lipinski definition) is 0. The molecule has 0 atom stereocenters. The summed E-state index contributed by atoms with van der Waals surface area (Å²) in [7, 11) is 0. The van der Waals surface area contributed by atoms with Gasteiger partial charge in [0.1, 0.15) is 11.2 Å². The molecule has 51 heavy (non-hydrogen) atoms. The van der Waals surface area contributed by atoms with Gasteiger partial charge in [-0.3, -0.25) is 0 Å². The van der Waals surface area contributed by atoms with E-state index in [0.717, 1.165) is 72.1 Å². The van der Waals surface area contributed by atoms with Gasteiger partial charge in [0.15, 0.2) is 5.82 Å². The summed E-state index contributed by atoms with van der Waals surface area (Å²) in [5.74, 6) is 0.696. The number of para-hydroxylation sites is 1. The van der Waals surface area contributed by atoms with Gasteiger partial charge in [-0.2, -0.15) is 0 Å². The summed E-state index contributed by atoms with van der Waals surface area (Å²) >= 11 is 0. The third-order valence-corrected chi connectivity index (χ3v) is 9.91. The molecule has 0 saturated heterocycles. The Morgan fingerprint density at radius 1 is 0.333 bits per heavy atom. The average molecular weight is 651 g/mol. The summed E-state index contributed by atoms with van der Waals surface area (Å²) in [6.45, 7) is 0. The van der Waals surface area contributed by atoms with Crippen LogP contribution in [0.5, 0.6) is 0 Å². The predicted octanol–water partition coefficient (Wildman–Crippen LogP) is 13.0. The predicted molar refractivity (Wildman–Crippen MR) is 212 cm³/mol. The second-order valence-electron chi connectivity index (χ2n) is 13.0. The molecule has 10 rings (SSSR count). The zero-order valence-corrected chi connectivity index (χ0v) is 27.6. The van der Waals surface area contributed by atoms with Crippen LogP contribution < -0.4 is 0 Å². The molecule has 0 radical (unpaired) electrons. The molecule has 10 aromatic rings. The fourth-order valence-corrected chi connectivity index (χ4v) is 7.31. The topological polar surface area (TPSA) is 38.9 Å². The van der Waals surface area contributed by atoms with Gasteiger partial charge in [0, 0.05) is 38.4 Å². The highest BCUT2D eigenvalue weighted by Gasteiger charge is 2.17. The SMILES string of the molecule is c1ccc(-c2ccc(-c3nc(-c4ccccc4)cc(-c4ccc(-c5cccc6c5oc5c6ccc6ccc7ccccc7c65)cc4)n3)cc2)cc1. The molecule has 0 spiro atoms. The van der Waals surface area contributed by atoms with Gasteiger partial charge in [-0.25, -0.2) is 9.97 Å². The average Bonchev–Trinajstić information content (AvgIpc) is 3.60. The van der Waals surface area contributed by atoms with Gasteiger partial charge in [-0.05, 0) is 45.0 Å². The molecule has 0 aliphatic rings. The van der Waals surface area contributed by atoms with E-state index in [9.17, 15) is 0 Å². The molecule has 0 saturated carbocycles. The summed E-state index contributed by atoms with van der Waals surface area (Å²) in [4.78, 5) is 10.1. The smallest absolute Gasteiger partial charge is 0.160 e. The van der Waals surface area contributed by atoms with E-state index in [1.165, 1.54) is 21.7 Å². The van der Waals surface area contributed by atoms with Gasteiger partial charge in [0.05, 0.1) is 11.4 Å². The zero-order valence-electron chi connectivity index (χ0n) is 27.6. The van der Waals surface area contributed by atoms with Crippen LogP contribution in [0.15, 0.2) is 186 Å². The fraction of sp³-hybridized carbons (Fsp3) is 0. The molecule has 0 bridgehead atoms. The van der Waals surface area contributed by atoms with Crippen LogP contribution in [0.3, 0.4) is 0 Å². The Morgan fingerprint density at radius 2 is 0.863 bits per heavy atom. The summed E-state index contributed by atoms with van der Waals surface area (Å²) in [5, 5.41) is 7.00. The first-order chi connectivity index (χ1) is 25.3. The molecule has 8 aromatic carbocycles. The van der Waals surface area contributed by atoms with Crippen LogP contribution >= 0.6 is 0 Å². The number of rotatable bonds is 5. The van der Waals surface area contributed by atoms with E-state index in [-0.39, 0.29) is 0 Å². The van der Waals surface area contributed by atoms with E-state index in [4.69, 9.17) is 14.4 Å². The van der Waals surface area contributed by atoms with Crippen molar-refractivity contribution in [3.63, 3.8) is 0 Å². The van der Waals surface area contributed by atoms with E-state index in [1.807, 2.05) is 24.3 Å². The molecule has 0 aliphatic heterocycles. The van der Waals surface area contributed by atoms with Crippen molar-refractivity contribution in [1.29, 1.82) is 0 Å². The second kappa shape index (κ2) is 11.9. The highest BCUT2D eigenvalue weighted by molar-refractivity contribution is 6.23. The maximum Gasteiger partial charge on any atom is 0.160 e. The minimum absolute atomic E-state index is 0.696. The Balaban J connectivity index is 1.07. The number of fused-ring (bicyclic) bond motifs is 7. The molecule has 3 heteroatoms. The van der Waals surface area contributed by atoms with Crippen LogP contribution in [-0.2, 0) is 0 Å². The van der Waals surface area contributed by atoms with Crippen LogP contribution in [0, 0.1) is 0 Å². The first kappa shape index (κ1) is 29.1. The van der Waals surface area contributed by atoms with Crippen molar-refractivity contribution >= 4 is 43.5 Å². The third-order valence-electron chi connectivity index (χ3n) is 9.91. The monoisotopic (exact) mass is 650 g/mol. The van der Waals surface area contributed by atoms with E-state index in [0.29, 0.717) is 5.82 Å². The fourth-order valence-electron chi connectivity index (χ4n) is 7.31. The molecule has 0 amide bonds. The Labute approximate surface area is 295 Å². The van der Waals surface area contributed by atoms with Crippen LogP contribution in [0.1, 0.15) is 0 Å². The number of nitrogens with zero attached hydrogens (tertiary/aromatic N) is 2. The van der Waals surface area contributed by atoms with E-state index in [2.05, 4.69) is 158 Å². The molecule has 238 valence electrons. The van der Waals surface area contributed by atoms with Crippen molar-refractivity contribution in [2.75, 3.05) is 0 Å². The van der Waals surface area contributed by atoms with Crippen molar-refractivity contribution in [2.45, 2.75) is 0 Å². The van der Waals surface area contributed by atoms with E-state index >= 15 is 0 Å². The minimum atomic E-state index is 0.696. The lowest BCUT2D eigenvalue weighted by Gasteiger charge is -2.11. The first-order valence-corrected chi connectivity index (χ1v) is 17.2. The number of hydrogen-bond acceptors (Lipinski definition) is 3. The van der Waals surface area contributed by atoms with Crippen molar-refractivity contribution in [3.05, 3.63) is 182 Å². The van der Waals surface area contributed by atoms with E-state index < -0.39 is 0 Å². The molecule has 0 unspecified atom stereocenters. The van der Waals surface area contributed by atoms with Crippen LogP contribution in [-0.4, -0.2) is 9.97 Å². The van der Waals surface area contributed by atoms with Gasteiger partial charge in [-0.15, -0.1) is 0 Å². The van der Waals surface area contributed by atoms with Gasteiger partial charge in [-0.1, -0.05) is 170 Å². The standard InChI is InChI=1S/C48H30N2O/c1-3-10-31(11-4-1)32-18-26-38(27-19-32)48-49-43(35-13-5-2-6-14-35)30-44(50-48)36-23-20-34(21-24-36)40-16-9-17-41-42-29-28-37-25-22-33-12-7-8-15-39(33)45(37)47(42)51-46(40)41/h1-30H. The summed E-state index contributed by atoms with van der Waals surface area (Å²) < 4.78 is 6.82. The van der Waals surface area contributed by atoms with Gasteiger partial charge in [0.2, 0.25) is 0 Å². The van der Waals surface area contributed by atoms with Gasteiger partial charge < -0.3 is 4.42 Å². The lowest BCUT2D eigenvalue weighted by Crippen LogP contribution is -1.96. The van der Waals surface area contributed by atoms with Crippen molar-refractivity contribution in [3.8, 4) is 56.2 Å². The second-order valence-corrected chi connectivity index (χ2v) is 13.0. The maximum absolute atomic E-state index is 6.82. The lowest BCUT2D eigenvalue weighted by molar-refractivity contribution is 0.674. The highest BCUT2D eigenvalue weighted by atomic mass is 16.3. The Kier molecular flexibility index (Phi) is 6.81. The molecule has 3 nitrogen and oxygen atoms in total. The zero-order chi connectivity index (χ0) is 33.7. The van der Waals surface area contributed by atoms with Crippen LogP contribution in [0.25, 0.3) is 99.6 Å². The molecule has 2 heterocycles. The largest absolute Gasteiger partial charge is 0.455 e. The molecule has 0 fully saturated rings. The van der Waals surface area contributed by atoms with E-state index in [1.54, 1.807) is 0 Å². The summed E-state index contributed by atoms with van der Waals surface area (Å²) in [6.07, 6.45) is 0.